The second kappa shape index (κ2) is 10.0. The Balaban J connectivity index is 1.86. The van der Waals surface area contributed by atoms with Crippen molar-refractivity contribution < 1.29 is 32.2 Å². The zero-order valence-electron chi connectivity index (χ0n) is 15.9. The first kappa shape index (κ1) is 22.3. The van der Waals surface area contributed by atoms with Crippen LogP contribution in [0.3, 0.4) is 0 Å². The lowest BCUT2D eigenvalue weighted by molar-refractivity contribution is -0.153. The number of nitriles is 1. The molecule has 0 unspecified atom stereocenters. The Morgan fingerprint density at radius 3 is 2.59 bits per heavy atom. The number of nitrogens with zero attached hydrogens (tertiary/aromatic N) is 2. The van der Waals surface area contributed by atoms with E-state index in [1.165, 1.54) is 18.2 Å². The van der Waals surface area contributed by atoms with Gasteiger partial charge in [-0.05, 0) is 38.0 Å². The summed E-state index contributed by atoms with van der Waals surface area (Å²) in [5, 5.41) is 12.0. The Bertz CT molecular complexity index is 769. The lowest BCUT2D eigenvalue weighted by atomic mass is 9.97. The molecule has 1 aromatic rings. The van der Waals surface area contributed by atoms with Crippen molar-refractivity contribution in [3.05, 3.63) is 23.8 Å². The number of esters is 1. The van der Waals surface area contributed by atoms with E-state index in [1.807, 2.05) is 0 Å². The molecule has 1 saturated heterocycles. The fourth-order valence-electron chi connectivity index (χ4n) is 2.93. The summed E-state index contributed by atoms with van der Waals surface area (Å²) in [4.78, 5) is 25.7. The van der Waals surface area contributed by atoms with Crippen LogP contribution in [0.4, 0.5) is 18.9 Å². The number of alkyl halides is 3. The van der Waals surface area contributed by atoms with Crippen molar-refractivity contribution >= 4 is 17.6 Å². The third-order valence-electron chi connectivity index (χ3n) is 4.40. The summed E-state index contributed by atoms with van der Waals surface area (Å²) in [6.07, 6.45) is -3.43. The number of piperidine rings is 1. The van der Waals surface area contributed by atoms with Gasteiger partial charge < -0.3 is 19.7 Å². The number of anilines is 1. The van der Waals surface area contributed by atoms with Crippen LogP contribution >= 0.6 is 0 Å². The van der Waals surface area contributed by atoms with E-state index in [-0.39, 0.29) is 35.7 Å². The number of hydrogen-bond acceptors (Lipinski definition) is 6. The Morgan fingerprint density at radius 2 is 2.00 bits per heavy atom. The van der Waals surface area contributed by atoms with Crippen LogP contribution in [0, 0.1) is 17.2 Å². The molecule has 1 aromatic carbocycles. The van der Waals surface area contributed by atoms with Gasteiger partial charge >= 0.3 is 12.1 Å². The highest BCUT2D eigenvalue weighted by atomic mass is 19.4. The fraction of sp³-hybridized carbons (Fsp3) is 0.526. The summed E-state index contributed by atoms with van der Waals surface area (Å²) < 4.78 is 46.4. The largest absolute Gasteiger partial charge is 0.483 e. The van der Waals surface area contributed by atoms with Gasteiger partial charge in [-0.1, -0.05) is 0 Å². The van der Waals surface area contributed by atoms with E-state index in [4.69, 9.17) is 10.00 Å². The van der Waals surface area contributed by atoms with Gasteiger partial charge in [-0.3, -0.25) is 9.59 Å². The first-order valence-corrected chi connectivity index (χ1v) is 9.15. The first-order valence-electron chi connectivity index (χ1n) is 9.15. The lowest BCUT2D eigenvalue weighted by Crippen LogP contribution is -2.43. The molecule has 1 amide bonds. The molecular weight excluding hydrogens is 391 g/mol. The Kier molecular flexibility index (Phi) is 7.70. The quantitative estimate of drug-likeness (QED) is 0.691. The van der Waals surface area contributed by atoms with Crippen molar-refractivity contribution in [1.29, 1.82) is 5.26 Å². The molecule has 1 N–H and O–H groups in total. The molecule has 0 aliphatic carbocycles. The fourth-order valence-corrected chi connectivity index (χ4v) is 2.93. The molecule has 0 bridgehead atoms. The minimum atomic E-state index is -4.50. The van der Waals surface area contributed by atoms with Crippen LogP contribution in [0.5, 0.6) is 5.75 Å². The van der Waals surface area contributed by atoms with Gasteiger partial charge in [0.25, 0.3) is 0 Å². The highest BCUT2D eigenvalue weighted by Gasteiger charge is 2.29. The van der Waals surface area contributed by atoms with Crippen molar-refractivity contribution in [3.8, 4) is 11.8 Å². The van der Waals surface area contributed by atoms with E-state index < -0.39 is 12.8 Å². The lowest BCUT2D eigenvalue weighted by Gasteiger charge is -2.31. The summed E-state index contributed by atoms with van der Waals surface area (Å²) in [6.45, 7) is 1.42. The van der Waals surface area contributed by atoms with Gasteiger partial charge in [0.15, 0.2) is 6.61 Å². The molecule has 0 aromatic heterocycles. The van der Waals surface area contributed by atoms with Crippen molar-refractivity contribution in [2.75, 3.05) is 38.2 Å². The molecule has 0 radical (unpaired) electrons. The van der Waals surface area contributed by atoms with Crippen LogP contribution in [0.2, 0.25) is 0 Å². The molecule has 29 heavy (non-hydrogen) atoms. The SMILES string of the molecule is CCOC(=O)C1CCN(C(=O)CNc2ccc(OCC(F)(F)F)c(C#N)c2)CC1. The van der Waals surface area contributed by atoms with Gasteiger partial charge in [-0.15, -0.1) is 0 Å². The zero-order chi connectivity index (χ0) is 21.4. The maximum Gasteiger partial charge on any atom is 0.422 e. The third kappa shape index (κ3) is 6.85. The van der Waals surface area contributed by atoms with Crippen LogP contribution in [0.15, 0.2) is 18.2 Å². The number of carbonyl (C=O) groups is 2. The standard InChI is InChI=1S/C19H22F3N3O4/c1-2-28-18(27)13-5-7-25(8-6-13)17(26)11-24-15-3-4-16(14(9-15)10-23)29-12-19(20,21)22/h3-4,9,13,24H,2,5-8,11-12H2,1H3. The van der Waals surface area contributed by atoms with Gasteiger partial charge in [0.2, 0.25) is 5.91 Å². The number of hydrogen-bond donors (Lipinski definition) is 1. The second-order valence-electron chi connectivity index (χ2n) is 6.49. The zero-order valence-corrected chi connectivity index (χ0v) is 15.9. The molecule has 0 atom stereocenters. The first-order chi connectivity index (χ1) is 13.7. The van der Waals surface area contributed by atoms with Crippen LogP contribution < -0.4 is 10.1 Å². The highest BCUT2D eigenvalue weighted by Crippen LogP contribution is 2.25. The average Bonchev–Trinajstić information content (AvgIpc) is 2.70. The summed E-state index contributed by atoms with van der Waals surface area (Å²) in [6, 6.07) is 5.79. The number of rotatable bonds is 7. The van der Waals surface area contributed by atoms with Crippen LogP contribution in [-0.4, -0.2) is 55.8 Å². The molecule has 1 aliphatic rings. The third-order valence-corrected chi connectivity index (χ3v) is 4.40. The molecule has 2 rings (SSSR count). The summed E-state index contributed by atoms with van der Waals surface area (Å²) >= 11 is 0. The molecule has 1 heterocycles. The molecule has 1 fully saturated rings. The Labute approximate surface area is 166 Å². The molecule has 7 nitrogen and oxygen atoms in total. The molecule has 10 heteroatoms. The normalized spacial score (nSPS) is 14.8. The number of likely N-dealkylation sites (tertiary alicyclic amines) is 1. The van der Waals surface area contributed by atoms with E-state index in [1.54, 1.807) is 17.9 Å². The smallest absolute Gasteiger partial charge is 0.422 e. The Morgan fingerprint density at radius 1 is 1.31 bits per heavy atom. The van der Waals surface area contributed by atoms with Gasteiger partial charge in [-0.2, -0.15) is 18.4 Å². The Hall–Kier alpha value is -2.96. The van der Waals surface area contributed by atoms with Gasteiger partial charge in [0, 0.05) is 18.8 Å². The van der Waals surface area contributed by atoms with E-state index in [0.717, 1.165) is 0 Å². The van der Waals surface area contributed by atoms with Crippen LogP contribution in [0.1, 0.15) is 25.3 Å². The number of halogens is 3. The van der Waals surface area contributed by atoms with Crippen LogP contribution in [0.25, 0.3) is 0 Å². The maximum atomic E-state index is 12.3. The van der Waals surface area contributed by atoms with E-state index in [2.05, 4.69) is 10.1 Å². The van der Waals surface area contributed by atoms with Crippen molar-refractivity contribution in [3.63, 3.8) is 0 Å². The van der Waals surface area contributed by atoms with E-state index >= 15 is 0 Å². The van der Waals surface area contributed by atoms with Gasteiger partial charge in [0.1, 0.15) is 11.8 Å². The minimum absolute atomic E-state index is 0.0440. The number of nitrogens with one attached hydrogen (secondary N) is 1. The number of carbonyl (C=O) groups excluding carboxylic acids is 2. The van der Waals surface area contributed by atoms with E-state index in [0.29, 0.717) is 38.2 Å². The number of ether oxygens (including phenoxy) is 2. The molecule has 0 saturated carbocycles. The second-order valence-corrected chi connectivity index (χ2v) is 6.49. The van der Waals surface area contributed by atoms with Crippen molar-refractivity contribution in [1.82, 2.24) is 4.90 Å². The molecule has 1 aliphatic heterocycles. The summed E-state index contributed by atoms with van der Waals surface area (Å²) in [5.74, 6) is -0.796. The average molecular weight is 413 g/mol. The summed E-state index contributed by atoms with van der Waals surface area (Å²) in [5.41, 5.74) is 0.345. The number of amides is 1. The highest BCUT2D eigenvalue weighted by molar-refractivity contribution is 5.81. The molecular formula is C19H22F3N3O4. The molecule has 0 spiro atoms. The van der Waals surface area contributed by atoms with Crippen molar-refractivity contribution in [2.45, 2.75) is 25.9 Å². The predicted molar refractivity (Wildman–Crippen MR) is 97.1 cm³/mol. The van der Waals surface area contributed by atoms with Gasteiger partial charge in [0.05, 0.1) is 24.6 Å². The van der Waals surface area contributed by atoms with Crippen molar-refractivity contribution in [2.24, 2.45) is 5.92 Å². The topological polar surface area (TPSA) is 91.7 Å². The van der Waals surface area contributed by atoms with Gasteiger partial charge in [-0.25, -0.2) is 0 Å². The summed E-state index contributed by atoms with van der Waals surface area (Å²) in [7, 11) is 0. The van der Waals surface area contributed by atoms with Crippen LogP contribution in [-0.2, 0) is 14.3 Å². The molecule has 158 valence electrons. The monoisotopic (exact) mass is 413 g/mol. The maximum absolute atomic E-state index is 12.3. The minimum Gasteiger partial charge on any atom is -0.483 e. The van der Waals surface area contributed by atoms with E-state index in [9.17, 15) is 22.8 Å². The predicted octanol–water partition coefficient (Wildman–Crippen LogP) is 2.71. The number of benzene rings is 1.